The van der Waals surface area contributed by atoms with Crippen molar-refractivity contribution in [2.24, 2.45) is 11.1 Å². The molecule has 0 radical (unpaired) electrons. The van der Waals surface area contributed by atoms with Gasteiger partial charge in [-0.1, -0.05) is 51.1 Å². The lowest BCUT2D eigenvalue weighted by Gasteiger charge is -2.34. The number of nitrogens with two attached hydrogens (primary N) is 1. The van der Waals surface area contributed by atoms with Gasteiger partial charge in [-0.2, -0.15) is 0 Å². The Hall–Kier alpha value is -2.21. The number of carbonyl (C=O) groups excluding carboxylic acids is 3. The molecular formula is C19H26N2O4. The van der Waals surface area contributed by atoms with E-state index in [0.717, 1.165) is 5.56 Å². The van der Waals surface area contributed by atoms with Crippen molar-refractivity contribution in [2.45, 2.75) is 51.7 Å². The highest BCUT2D eigenvalue weighted by atomic mass is 16.5. The molecule has 6 heteroatoms. The summed E-state index contributed by atoms with van der Waals surface area (Å²) in [6.07, 6.45) is 0.385. The maximum Gasteiger partial charge on any atom is 0.228 e. The molecule has 6 nitrogen and oxygen atoms in total. The Morgan fingerprint density at radius 1 is 1.32 bits per heavy atom. The normalized spacial score (nSPS) is 21.8. The number of amides is 2. The third kappa shape index (κ3) is 4.45. The number of ether oxygens (including phenoxy) is 1. The van der Waals surface area contributed by atoms with Crippen LogP contribution >= 0.6 is 0 Å². The van der Waals surface area contributed by atoms with Gasteiger partial charge in [0.2, 0.25) is 11.8 Å². The first kappa shape index (κ1) is 19.1. The molecule has 2 amide bonds. The molecule has 0 bridgehead atoms. The van der Waals surface area contributed by atoms with E-state index in [9.17, 15) is 14.4 Å². The number of hydrogen-bond donors (Lipinski definition) is 2. The predicted molar refractivity (Wildman–Crippen MR) is 93.7 cm³/mol. The summed E-state index contributed by atoms with van der Waals surface area (Å²) in [5.74, 6) is -1.49. The van der Waals surface area contributed by atoms with Crippen LogP contribution in [0.4, 0.5) is 0 Å². The van der Waals surface area contributed by atoms with Crippen LogP contribution in [0.2, 0.25) is 0 Å². The van der Waals surface area contributed by atoms with Crippen LogP contribution in [0.3, 0.4) is 0 Å². The third-order valence-electron chi connectivity index (χ3n) is 4.66. The molecule has 0 aliphatic carbocycles. The predicted octanol–water partition coefficient (Wildman–Crippen LogP) is 1.53. The Balaban J connectivity index is 2.30. The van der Waals surface area contributed by atoms with Crippen molar-refractivity contribution in [3.63, 3.8) is 0 Å². The number of rotatable bonds is 7. The van der Waals surface area contributed by atoms with E-state index < -0.39 is 23.3 Å². The highest BCUT2D eigenvalue weighted by molar-refractivity contribution is 5.94. The maximum atomic E-state index is 13.1. The van der Waals surface area contributed by atoms with Crippen LogP contribution in [0.15, 0.2) is 30.3 Å². The smallest absolute Gasteiger partial charge is 0.228 e. The minimum Gasteiger partial charge on any atom is -0.370 e. The largest absolute Gasteiger partial charge is 0.370 e. The highest BCUT2D eigenvalue weighted by Gasteiger charge is 2.42. The van der Waals surface area contributed by atoms with Gasteiger partial charge in [-0.05, 0) is 17.4 Å². The molecule has 3 N–H and O–H groups in total. The second kappa shape index (κ2) is 7.78. The van der Waals surface area contributed by atoms with Crippen LogP contribution < -0.4 is 11.1 Å². The van der Waals surface area contributed by atoms with Crippen molar-refractivity contribution < 1.29 is 19.1 Å². The fourth-order valence-corrected chi connectivity index (χ4v) is 3.50. The molecule has 1 aliphatic rings. The van der Waals surface area contributed by atoms with E-state index in [1.54, 1.807) is 0 Å². The summed E-state index contributed by atoms with van der Waals surface area (Å²) in [6.45, 7) is 5.59. The van der Waals surface area contributed by atoms with Crippen molar-refractivity contribution in [2.75, 3.05) is 6.61 Å². The van der Waals surface area contributed by atoms with Crippen molar-refractivity contribution in [3.05, 3.63) is 35.9 Å². The zero-order valence-corrected chi connectivity index (χ0v) is 15.0. The molecule has 0 aromatic heterocycles. The quantitative estimate of drug-likeness (QED) is 0.782. The van der Waals surface area contributed by atoms with Gasteiger partial charge < -0.3 is 15.8 Å². The van der Waals surface area contributed by atoms with E-state index in [4.69, 9.17) is 10.5 Å². The van der Waals surface area contributed by atoms with Crippen molar-refractivity contribution in [1.82, 2.24) is 5.32 Å². The SMILES string of the molecule is CCC1OCC(=O)C1NC(=O)C(c1ccccc1)C(C)(C)CC(N)=O. The zero-order chi connectivity index (χ0) is 18.6. The lowest BCUT2D eigenvalue weighted by Crippen LogP contribution is -2.49. The standard InChI is InChI=1S/C19H26N2O4/c1-4-14-17(13(22)11-25-14)21-18(24)16(12-8-6-5-7-9-12)19(2,3)10-15(20)23/h5-9,14,16-17H,4,10-11H2,1-3H3,(H2,20,23)(H,21,24). The molecule has 1 fully saturated rings. The minimum absolute atomic E-state index is 0.0180. The first-order valence-corrected chi connectivity index (χ1v) is 8.54. The second-order valence-corrected chi connectivity index (χ2v) is 7.19. The van der Waals surface area contributed by atoms with E-state index >= 15 is 0 Å². The monoisotopic (exact) mass is 346 g/mol. The molecule has 1 saturated heterocycles. The molecule has 1 aromatic carbocycles. The van der Waals surface area contributed by atoms with Crippen molar-refractivity contribution >= 4 is 17.6 Å². The van der Waals surface area contributed by atoms with Gasteiger partial charge in [0.15, 0.2) is 5.78 Å². The fraction of sp³-hybridized carbons (Fsp3) is 0.526. The summed E-state index contributed by atoms with van der Waals surface area (Å²) < 4.78 is 5.43. The molecular weight excluding hydrogens is 320 g/mol. The van der Waals surface area contributed by atoms with Gasteiger partial charge in [0.1, 0.15) is 12.6 Å². The van der Waals surface area contributed by atoms with Gasteiger partial charge in [0.25, 0.3) is 0 Å². The van der Waals surface area contributed by atoms with Gasteiger partial charge in [0, 0.05) is 6.42 Å². The van der Waals surface area contributed by atoms with E-state index in [1.165, 1.54) is 0 Å². The first-order chi connectivity index (χ1) is 11.8. The molecule has 3 unspecified atom stereocenters. The molecule has 0 spiro atoms. The average molecular weight is 346 g/mol. The number of hydrogen-bond acceptors (Lipinski definition) is 4. The van der Waals surface area contributed by atoms with Gasteiger partial charge >= 0.3 is 0 Å². The van der Waals surface area contributed by atoms with Gasteiger partial charge in [-0.15, -0.1) is 0 Å². The Morgan fingerprint density at radius 2 is 1.96 bits per heavy atom. The summed E-state index contributed by atoms with van der Waals surface area (Å²) in [5, 5.41) is 2.84. The number of primary amides is 1. The molecule has 25 heavy (non-hydrogen) atoms. The number of ketones is 1. The van der Waals surface area contributed by atoms with Crippen molar-refractivity contribution in [1.29, 1.82) is 0 Å². The van der Waals surface area contributed by atoms with Crippen LogP contribution in [0.1, 0.15) is 45.1 Å². The summed E-state index contributed by atoms with van der Waals surface area (Å²) in [5.41, 5.74) is 5.47. The van der Waals surface area contributed by atoms with Crippen LogP contribution in [0, 0.1) is 5.41 Å². The summed E-state index contributed by atoms with van der Waals surface area (Å²) in [7, 11) is 0. The molecule has 1 heterocycles. The molecule has 1 aromatic rings. The van der Waals surface area contributed by atoms with Crippen LogP contribution in [-0.4, -0.2) is 36.4 Å². The number of carbonyl (C=O) groups is 3. The highest BCUT2D eigenvalue weighted by Crippen LogP contribution is 2.38. The Kier molecular flexibility index (Phi) is 5.95. The number of Topliss-reactive ketones (excluding diaryl/α,β-unsaturated/α-hetero) is 1. The molecule has 2 rings (SSSR count). The van der Waals surface area contributed by atoms with Crippen molar-refractivity contribution in [3.8, 4) is 0 Å². The summed E-state index contributed by atoms with van der Waals surface area (Å²) >= 11 is 0. The van der Waals surface area contributed by atoms with E-state index in [2.05, 4.69) is 5.32 Å². The van der Waals surface area contributed by atoms with E-state index in [1.807, 2.05) is 51.1 Å². The number of benzene rings is 1. The molecule has 136 valence electrons. The summed E-state index contributed by atoms with van der Waals surface area (Å²) in [4.78, 5) is 36.6. The second-order valence-electron chi connectivity index (χ2n) is 7.19. The zero-order valence-electron chi connectivity index (χ0n) is 15.0. The Labute approximate surface area is 148 Å². The Morgan fingerprint density at radius 3 is 2.52 bits per heavy atom. The molecule has 1 aliphatic heterocycles. The van der Waals surface area contributed by atoms with Crippen LogP contribution in [0.25, 0.3) is 0 Å². The third-order valence-corrected chi connectivity index (χ3v) is 4.66. The number of nitrogens with one attached hydrogen (secondary N) is 1. The van der Waals surface area contributed by atoms with Gasteiger partial charge in [0.05, 0.1) is 12.0 Å². The molecule has 3 atom stereocenters. The molecule has 0 saturated carbocycles. The van der Waals surface area contributed by atoms with Gasteiger partial charge in [-0.25, -0.2) is 0 Å². The Bertz CT molecular complexity index is 642. The van der Waals surface area contributed by atoms with Gasteiger partial charge in [-0.3, -0.25) is 14.4 Å². The topological polar surface area (TPSA) is 98.5 Å². The first-order valence-electron chi connectivity index (χ1n) is 8.54. The van der Waals surface area contributed by atoms with E-state index in [-0.39, 0.29) is 30.8 Å². The lowest BCUT2D eigenvalue weighted by molar-refractivity contribution is -0.130. The van der Waals surface area contributed by atoms with E-state index in [0.29, 0.717) is 6.42 Å². The van der Waals surface area contributed by atoms with Crippen LogP contribution in [-0.2, 0) is 19.1 Å². The minimum atomic E-state index is -0.693. The average Bonchev–Trinajstić information content (AvgIpc) is 2.87. The lowest BCUT2D eigenvalue weighted by atomic mass is 9.72. The summed E-state index contributed by atoms with van der Waals surface area (Å²) in [6, 6.07) is 8.59. The fourth-order valence-electron chi connectivity index (χ4n) is 3.50. The maximum absolute atomic E-state index is 13.1. The van der Waals surface area contributed by atoms with Crippen LogP contribution in [0.5, 0.6) is 0 Å².